The summed E-state index contributed by atoms with van der Waals surface area (Å²) in [6.45, 7) is 8.33. The Labute approximate surface area is 205 Å². The molecular formula is C27H28N4O3S. The Balaban J connectivity index is 1.47. The molecule has 7 nitrogen and oxygen atoms in total. The number of carbonyl (C=O) groups is 1. The lowest BCUT2D eigenvalue weighted by Gasteiger charge is -2.11. The summed E-state index contributed by atoms with van der Waals surface area (Å²) in [6, 6.07) is 19.1. The molecule has 35 heavy (non-hydrogen) atoms. The van der Waals surface area contributed by atoms with Gasteiger partial charge in [0.15, 0.2) is 0 Å². The Morgan fingerprint density at radius 1 is 0.886 bits per heavy atom. The zero-order chi connectivity index (χ0) is 25.2. The second-order valence-electron chi connectivity index (χ2n) is 8.58. The molecule has 0 radical (unpaired) electrons. The standard InChI is InChI=1S/C27H28N4O3S/c1-18-8-9-23(15-19(18)2)30-35(33,34)25-12-10-22(11-13-25)29-27(32)26-16-20(3)31(21(26)4)17-24-7-5-6-14-28-24/h5-16,30H,17H2,1-4H3,(H,29,32). The van der Waals surface area contributed by atoms with E-state index >= 15 is 0 Å². The van der Waals surface area contributed by atoms with Gasteiger partial charge in [0, 0.05) is 29.0 Å². The van der Waals surface area contributed by atoms with Crippen LogP contribution in [0.15, 0.2) is 77.8 Å². The lowest BCUT2D eigenvalue weighted by atomic mass is 10.1. The van der Waals surface area contributed by atoms with Gasteiger partial charge in [-0.25, -0.2) is 8.42 Å². The molecule has 2 aromatic carbocycles. The third-order valence-electron chi connectivity index (χ3n) is 6.05. The molecule has 4 rings (SSSR count). The van der Waals surface area contributed by atoms with Crippen molar-refractivity contribution in [3.63, 3.8) is 0 Å². The number of amides is 1. The molecule has 0 aliphatic heterocycles. The van der Waals surface area contributed by atoms with E-state index < -0.39 is 10.0 Å². The summed E-state index contributed by atoms with van der Waals surface area (Å²) >= 11 is 0. The predicted molar refractivity (Wildman–Crippen MR) is 138 cm³/mol. The van der Waals surface area contributed by atoms with E-state index in [-0.39, 0.29) is 10.8 Å². The minimum Gasteiger partial charge on any atom is -0.342 e. The van der Waals surface area contributed by atoms with Gasteiger partial charge >= 0.3 is 0 Å². The highest BCUT2D eigenvalue weighted by atomic mass is 32.2. The minimum absolute atomic E-state index is 0.113. The maximum Gasteiger partial charge on any atom is 0.261 e. The first-order chi connectivity index (χ1) is 16.6. The monoisotopic (exact) mass is 488 g/mol. The van der Waals surface area contributed by atoms with Crippen molar-refractivity contribution >= 4 is 27.3 Å². The fraction of sp³-hybridized carbons (Fsp3) is 0.185. The van der Waals surface area contributed by atoms with Crippen LogP contribution in [-0.4, -0.2) is 23.9 Å². The van der Waals surface area contributed by atoms with Crippen molar-refractivity contribution < 1.29 is 13.2 Å². The van der Waals surface area contributed by atoms with Gasteiger partial charge in [0.25, 0.3) is 15.9 Å². The molecule has 0 atom stereocenters. The average Bonchev–Trinajstić information content (AvgIpc) is 3.11. The normalized spacial score (nSPS) is 11.3. The molecule has 4 aromatic rings. The van der Waals surface area contributed by atoms with Crippen LogP contribution in [0, 0.1) is 27.7 Å². The molecule has 0 aliphatic carbocycles. The van der Waals surface area contributed by atoms with Crippen molar-refractivity contribution in [1.82, 2.24) is 9.55 Å². The number of carbonyl (C=O) groups excluding carboxylic acids is 1. The van der Waals surface area contributed by atoms with E-state index in [1.54, 1.807) is 30.5 Å². The first kappa shape index (κ1) is 24.2. The zero-order valence-corrected chi connectivity index (χ0v) is 21.0. The van der Waals surface area contributed by atoms with E-state index in [1.165, 1.54) is 12.1 Å². The Morgan fingerprint density at radius 3 is 2.26 bits per heavy atom. The van der Waals surface area contributed by atoms with Crippen LogP contribution in [-0.2, 0) is 16.6 Å². The number of hydrogen-bond donors (Lipinski definition) is 2. The number of nitrogens with zero attached hydrogens (tertiary/aromatic N) is 2. The van der Waals surface area contributed by atoms with Crippen molar-refractivity contribution in [3.8, 4) is 0 Å². The van der Waals surface area contributed by atoms with E-state index in [4.69, 9.17) is 0 Å². The molecule has 0 bridgehead atoms. The van der Waals surface area contributed by atoms with Crippen LogP contribution in [0.25, 0.3) is 0 Å². The third kappa shape index (κ3) is 5.44. The molecule has 180 valence electrons. The molecule has 1 amide bonds. The van der Waals surface area contributed by atoms with Crippen molar-refractivity contribution in [1.29, 1.82) is 0 Å². The molecule has 0 spiro atoms. The Kier molecular flexibility index (Phi) is 6.75. The van der Waals surface area contributed by atoms with Gasteiger partial charge in [-0.2, -0.15) is 0 Å². The van der Waals surface area contributed by atoms with Crippen LogP contribution < -0.4 is 10.0 Å². The van der Waals surface area contributed by atoms with Gasteiger partial charge in [0.2, 0.25) is 0 Å². The largest absolute Gasteiger partial charge is 0.342 e. The number of aryl methyl sites for hydroxylation is 3. The molecule has 0 saturated heterocycles. The molecule has 0 unspecified atom stereocenters. The van der Waals surface area contributed by atoms with E-state index in [1.807, 2.05) is 62.6 Å². The van der Waals surface area contributed by atoms with Gasteiger partial charge < -0.3 is 9.88 Å². The van der Waals surface area contributed by atoms with Crippen LogP contribution in [0.4, 0.5) is 11.4 Å². The molecule has 0 saturated carbocycles. The number of aromatic nitrogens is 2. The Morgan fingerprint density at radius 2 is 1.60 bits per heavy atom. The van der Waals surface area contributed by atoms with Gasteiger partial charge in [-0.1, -0.05) is 12.1 Å². The summed E-state index contributed by atoms with van der Waals surface area (Å²) < 4.78 is 30.2. The number of hydrogen-bond acceptors (Lipinski definition) is 4. The summed E-state index contributed by atoms with van der Waals surface area (Å²) in [4.78, 5) is 17.4. The van der Waals surface area contributed by atoms with Gasteiger partial charge in [0.05, 0.1) is 22.7 Å². The molecule has 0 fully saturated rings. The Bertz CT molecular complexity index is 1480. The Hall–Kier alpha value is -3.91. The van der Waals surface area contributed by atoms with Crippen LogP contribution in [0.3, 0.4) is 0 Å². The fourth-order valence-electron chi connectivity index (χ4n) is 3.86. The number of pyridine rings is 1. The maximum atomic E-state index is 13.0. The number of anilines is 2. The first-order valence-electron chi connectivity index (χ1n) is 11.2. The van der Waals surface area contributed by atoms with Crippen LogP contribution in [0.1, 0.15) is 38.6 Å². The van der Waals surface area contributed by atoms with Crippen LogP contribution >= 0.6 is 0 Å². The highest BCUT2D eigenvalue weighted by Gasteiger charge is 2.18. The summed E-state index contributed by atoms with van der Waals surface area (Å²) in [5.74, 6) is -0.255. The lowest BCUT2D eigenvalue weighted by Crippen LogP contribution is -2.15. The second kappa shape index (κ2) is 9.76. The highest BCUT2D eigenvalue weighted by molar-refractivity contribution is 7.92. The van der Waals surface area contributed by atoms with Crippen molar-refractivity contribution in [2.24, 2.45) is 0 Å². The summed E-state index contributed by atoms with van der Waals surface area (Å²) in [7, 11) is -3.75. The molecule has 0 aliphatic rings. The maximum absolute atomic E-state index is 13.0. The van der Waals surface area contributed by atoms with Gasteiger partial charge in [-0.05, 0) is 93.4 Å². The van der Waals surface area contributed by atoms with Crippen molar-refractivity contribution in [3.05, 3.63) is 107 Å². The van der Waals surface area contributed by atoms with E-state index in [2.05, 4.69) is 15.0 Å². The smallest absolute Gasteiger partial charge is 0.261 e. The number of rotatable bonds is 7. The fourth-order valence-corrected chi connectivity index (χ4v) is 4.91. The number of nitrogens with one attached hydrogen (secondary N) is 2. The van der Waals surface area contributed by atoms with Crippen LogP contribution in [0.5, 0.6) is 0 Å². The van der Waals surface area contributed by atoms with Crippen molar-refractivity contribution in [2.75, 3.05) is 10.0 Å². The molecule has 2 N–H and O–H groups in total. The molecule has 2 heterocycles. The van der Waals surface area contributed by atoms with E-state index in [0.717, 1.165) is 28.2 Å². The van der Waals surface area contributed by atoms with Gasteiger partial charge in [0.1, 0.15) is 0 Å². The summed E-state index contributed by atoms with van der Waals surface area (Å²) in [5, 5.41) is 2.86. The minimum atomic E-state index is -3.75. The SMILES string of the molecule is Cc1ccc(NS(=O)(=O)c2ccc(NC(=O)c3cc(C)n(Cc4ccccn4)c3C)cc2)cc1C. The summed E-state index contributed by atoms with van der Waals surface area (Å²) in [5.41, 5.74) is 6.37. The third-order valence-corrected chi connectivity index (χ3v) is 7.44. The predicted octanol–water partition coefficient (Wildman–Crippen LogP) is 5.22. The highest BCUT2D eigenvalue weighted by Crippen LogP contribution is 2.22. The quantitative estimate of drug-likeness (QED) is 0.373. The zero-order valence-electron chi connectivity index (χ0n) is 20.2. The van der Waals surface area contributed by atoms with E-state index in [0.29, 0.717) is 23.5 Å². The van der Waals surface area contributed by atoms with E-state index in [9.17, 15) is 13.2 Å². The lowest BCUT2D eigenvalue weighted by molar-refractivity contribution is 0.102. The number of benzene rings is 2. The van der Waals surface area contributed by atoms with Crippen LogP contribution in [0.2, 0.25) is 0 Å². The summed E-state index contributed by atoms with van der Waals surface area (Å²) in [6.07, 6.45) is 1.75. The molecule has 8 heteroatoms. The average molecular weight is 489 g/mol. The number of sulfonamides is 1. The topological polar surface area (TPSA) is 93.1 Å². The van der Waals surface area contributed by atoms with Crippen molar-refractivity contribution in [2.45, 2.75) is 39.1 Å². The molecular weight excluding hydrogens is 460 g/mol. The van der Waals surface area contributed by atoms with Gasteiger partial charge in [-0.15, -0.1) is 0 Å². The first-order valence-corrected chi connectivity index (χ1v) is 12.7. The molecule has 2 aromatic heterocycles. The van der Waals surface area contributed by atoms with Gasteiger partial charge in [-0.3, -0.25) is 14.5 Å². The second-order valence-corrected chi connectivity index (χ2v) is 10.3.